The summed E-state index contributed by atoms with van der Waals surface area (Å²) in [4.78, 5) is 17.4. The Morgan fingerprint density at radius 1 is 1.14 bits per heavy atom. The van der Waals surface area contributed by atoms with Gasteiger partial charge in [0.15, 0.2) is 15.7 Å². The summed E-state index contributed by atoms with van der Waals surface area (Å²) in [5.74, 6) is 1.14. The third kappa shape index (κ3) is 5.70. The molecular weight excluding hydrogens is 450 g/mol. The lowest BCUT2D eigenvalue weighted by Gasteiger charge is -2.32. The summed E-state index contributed by atoms with van der Waals surface area (Å²) in [6.07, 6.45) is 2.91. The van der Waals surface area contributed by atoms with Crippen LogP contribution in [-0.4, -0.2) is 37.0 Å². The number of anilines is 1. The number of nitrogens with zero attached hydrogens (tertiary/aromatic N) is 2. The number of aromatic nitrogens is 2. The molecule has 184 valence electrons. The van der Waals surface area contributed by atoms with Gasteiger partial charge in [0.25, 0.3) is 0 Å². The zero-order chi connectivity index (χ0) is 26.0. The fourth-order valence-electron chi connectivity index (χ4n) is 4.49. The molecule has 2 unspecified atom stereocenters. The smallest absolute Gasteiger partial charge is 0.320 e. The van der Waals surface area contributed by atoms with E-state index in [-0.39, 0.29) is 34.8 Å². The summed E-state index contributed by atoms with van der Waals surface area (Å²) >= 11 is 0. The summed E-state index contributed by atoms with van der Waals surface area (Å²) < 4.78 is 7.77. The molecule has 2 amide bonds. The van der Waals surface area contributed by atoms with Crippen molar-refractivity contribution in [1.29, 1.82) is 10.8 Å². The fourth-order valence-corrected chi connectivity index (χ4v) is 4.49. The predicted octanol–water partition coefficient (Wildman–Crippen LogP) is 2.11. The quantitative estimate of drug-likeness (QED) is 0.260. The topological polar surface area (TPSA) is 116 Å². The van der Waals surface area contributed by atoms with Gasteiger partial charge in [-0.05, 0) is 64.8 Å². The molecule has 0 radical (unpaired) electrons. The average molecular weight is 482 g/mol. The van der Waals surface area contributed by atoms with E-state index in [4.69, 9.17) is 15.6 Å². The molecule has 0 saturated heterocycles. The number of rotatable bonds is 4. The van der Waals surface area contributed by atoms with E-state index < -0.39 is 0 Å². The Morgan fingerprint density at radius 2 is 1.86 bits per heavy atom. The molecule has 0 fully saturated rings. The highest BCUT2D eigenvalue weighted by Gasteiger charge is 2.29. The zero-order valence-electron chi connectivity index (χ0n) is 21.5. The minimum absolute atomic E-state index is 0.0461. The van der Waals surface area contributed by atoms with E-state index in [1.54, 1.807) is 26.2 Å². The Kier molecular flexibility index (Phi) is 7.06. The van der Waals surface area contributed by atoms with Crippen LogP contribution >= 0.6 is 0 Å². The molecule has 1 aromatic carbocycles. The second kappa shape index (κ2) is 10.0. The minimum Gasteiger partial charge on any atom is -0.484 e. The van der Waals surface area contributed by atoms with Crippen molar-refractivity contribution in [3.05, 3.63) is 76.9 Å². The first kappa shape index (κ1) is 25.3. The summed E-state index contributed by atoms with van der Waals surface area (Å²) in [5.41, 5.74) is 4.45. The molecule has 0 spiro atoms. The molecule has 1 aliphatic rings. The number of ether oxygens (including phenoxy) is 1. The molecule has 0 aliphatic heterocycles. The molecule has 4 rings (SSSR count). The van der Waals surface area contributed by atoms with E-state index in [0.29, 0.717) is 24.4 Å². The predicted molar refractivity (Wildman–Crippen MR) is 147 cm³/mol. The molecule has 0 saturated carbocycles. The molecule has 0 bridgehead atoms. The number of hydrogen-bond acceptors (Lipinski definition) is 5. The van der Waals surface area contributed by atoms with Crippen LogP contribution < -0.4 is 26.5 Å². The molecule has 8 nitrogen and oxygen atoms in total. The molecule has 1 aliphatic carbocycles. The van der Waals surface area contributed by atoms with E-state index in [1.165, 1.54) is 4.57 Å². The van der Waals surface area contributed by atoms with Gasteiger partial charge >= 0.3 is 6.03 Å². The van der Waals surface area contributed by atoms with Crippen molar-refractivity contribution in [2.24, 2.45) is 0 Å². The van der Waals surface area contributed by atoms with Gasteiger partial charge in [-0.2, -0.15) is 0 Å². The zero-order valence-corrected chi connectivity index (χ0v) is 21.5. The van der Waals surface area contributed by atoms with Crippen LogP contribution in [0.2, 0.25) is 0 Å². The van der Waals surface area contributed by atoms with Crippen molar-refractivity contribution < 1.29 is 9.53 Å². The van der Waals surface area contributed by atoms with Crippen LogP contribution in [0.4, 0.5) is 10.6 Å². The Morgan fingerprint density at radius 3 is 2.56 bits per heavy atom. The summed E-state index contributed by atoms with van der Waals surface area (Å²) in [5, 5.41) is 21.9. The summed E-state index contributed by atoms with van der Waals surface area (Å²) in [7, 11) is 3.56. The van der Waals surface area contributed by atoms with Crippen molar-refractivity contribution in [3.63, 3.8) is 0 Å². The Hall–Kier alpha value is -3.81. The van der Waals surface area contributed by atoms with Gasteiger partial charge < -0.3 is 10.1 Å². The van der Waals surface area contributed by atoms with Gasteiger partial charge in [-0.1, -0.05) is 45.0 Å². The fraction of sp³-hybridized carbons (Fsp3) is 0.308. The first-order valence-corrected chi connectivity index (χ1v) is 12.2. The first-order chi connectivity index (χ1) is 17.0. The van der Waals surface area contributed by atoms with Crippen molar-refractivity contribution in [3.8, 4) is 5.75 Å². The van der Waals surface area contributed by atoms with E-state index >= 15 is 0 Å². The normalized spacial score (nSPS) is 17.1. The number of carbonyl (C=O) groups excluding carboxylic acids is 1. The van der Waals surface area contributed by atoms with Crippen LogP contribution in [0.25, 0.3) is 0 Å². The lowest BCUT2D eigenvalue weighted by Crippen LogP contribution is -2.36. The highest BCUT2D eigenvalue weighted by atomic mass is 16.5. The van der Waals surface area contributed by atoms with Gasteiger partial charge in [-0.3, -0.25) is 20.7 Å². The lowest BCUT2D eigenvalue weighted by molar-refractivity contribution is 0.171. The average Bonchev–Trinajstić information content (AvgIpc) is 2.80. The molecule has 2 atom stereocenters. The molecule has 2 aromatic heterocycles. The van der Waals surface area contributed by atoms with Gasteiger partial charge in [-0.25, -0.2) is 9.78 Å². The van der Waals surface area contributed by atoms with Crippen molar-refractivity contribution >= 4 is 38.9 Å². The third-order valence-electron chi connectivity index (χ3n) is 6.36. The third-order valence-corrected chi connectivity index (χ3v) is 6.36. The van der Waals surface area contributed by atoms with E-state index in [0.717, 1.165) is 22.3 Å². The largest absolute Gasteiger partial charge is 0.484 e. The molecule has 4 N–H and O–H groups in total. The maximum absolute atomic E-state index is 12.9. The SMILES string of the molecule is BC(=N)n1cc(OC2CCC(NC(=O)Nc3cc(C(C)(C)C)cc(B)n3)c3ccccc32)ccc1=N. The van der Waals surface area contributed by atoms with Crippen molar-refractivity contribution in [2.75, 3.05) is 5.32 Å². The monoisotopic (exact) mass is 482 g/mol. The second-order valence-corrected chi connectivity index (χ2v) is 10.3. The Labute approximate surface area is 213 Å². The van der Waals surface area contributed by atoms with Gasteiger partial charge in [0.2, 0.25) is 0 Å². The van der Waals surface area contributed by atoms with Crippen LogP contribution in [0.3, 0.4) is 0 Å². The highest BCUT2D eigenvalue weighted by molar-refractivity contribution is 6.58. The van der Waals surface area contributed by atoms with E-state index in [2.05, 4.69) is 36.4 Å². The number of amides is 2. The number of fused-ring (bicyclic) bond motifs is 1. The Bertz CT molecular complexity index is 1370. The molecular formula is C26H32B2N6O2. The van der Waals surface area contributed by atoms with Gasteiger partial charge in [0.1, 0.15) is 23.2 Å². The maximum atomic E-state index is 12.9. The highest BCUT2D eigenvalue weighted by Crippen LogP contribution is 2.38. The molecule has 10 heteroatoms. The number of hydrogen-bond donors (Lipinski definition) is 4. The Balaban J connectivity index is 1.50. The van der Waals surface area contributed by atoms with Gasteiger partial charge in [0.05, 0.1) is 18.0 Å². The van der Waals surface area contributed by atoms with Gasteiger partial charge in [0, 0.05) is 0 Å². The maximum Gasteiger partial charge on any atom is 0.320 e. The standard InChI is InChI=1S/C26H32B2N6O2/c1-26(2,3)15-12-21(27)32-23(13-15)33-25(35)31-19-9-10-20(18-7-5-4-6-17(18)19)36-16-8-11-22(29)34(14-16)24(28)30/h4-8,11-14,19-20,29-30H,9-10,27-28H2,1-3H3,(H2,31,32,33,35). The lowest BCUT2D eigenvalue weighted by atomic mass is 9.85. The molecule has 2 heterocycles. The number of nitrogens with one attached hydrogen (secondary N) is 4. The van der Waals surface area contributed by atoms with Crippen LogP contribution in [0.5, 0.6) is 5.75 Å². The van der Waals surface area contributed by atoms with Gasteiger partial charge in [-0.15, -0.1) is 0 Å². The van der Waals surface area contributed by atoms with E-state index in [1.807, 2.05) is 44.2 Å². The van der Waals surface area contributed by atoms with Crippen molar-refractivity contribution in [1.82, 2.24) is 14.9 Å². The van der Waals surface area contributed by atoms with E-state index in [9.17, 15) is 4.79 Å². The summed E-state index contributed by atoms with van der Waals surface area (Å²) in [6, 6.07) is 14.9. The summed E-state index contributed by atoms with van der Waals surface area (Å²) in [6.45, 7) is 6.41. The van der Waals surface area contributed by atoms with Crippen molar-refractivity contribution in [2.45, 2.75) is 51.2 Å². The van der Waals surface area contributed by atoms with Crippen LogP contribution in [-0.2, 0) is 5.41 Å². The number of benzene rings is 1. The first-order valence-electron chi connectivity index (χ1n) is 12.2. The minimum atomic E-state index is -0.291. The van der Waals surface area contributed by atoms with Crippen LogP contribution in [0, 0.1) is 10.8 Å². The number of carbonyl (C=O) groups is 1. The number of urea groups is 1. The van der Waals surface area contributed by atoms with Crippen LogP contribution in [0.1, 0.15) is 62.4 Å². The van der Waals surface area contributed by atoms with Crippen LogP contribution in [0.15, 0.2) is 54.7 Å². The molecule has 36 heavy (non-hydrogen) atoms. The number of pyridine rings is 2. The second-order valence-electron chi connectivity index (χ2n) is 10.3. The molecule has 3 aromatic rings.